The summed E-state index contributed by atoms with van der Waals surface area (Å²) in [6, 6.07) is 17.8. The molecule has 0 saturated heterocycles. The van der Waals surface area contributed by atoms with Crippen molar-refractivity contribution in [1.82, 2.24) is 0 Å². The van der Waals surface area contributed by atoms with E-state index >= 15 is 0 Å². The van der Waals surface area contributed by atoms with E-state index in [1.54, 1.807) is 48.5 Å². The average Bonchev–Trinajstić information content (AvgIpc) is 2.53. The predicted octanol–water partition coefficient (Wildman–Crippen LogP) is 4.29. The standard InChI is InChI=1S/C14H18O7P2S/c1-2-19-23(18,20-22(15,16)17)21-24(13-9-5-3-6-10-13)14-11-7-4-8-12-14/h3-12,24H,2H2,1H3,(H2,15,16,17). The summed E-state index contributed by atoms with van der Waals surface area (Å²) in [7, 11) is -9.52. The van der Waals surface area contributed by atoms with E-state index in [2.05, 4.69) is 4.31 Å². The van der Waals surface area contributed by atoms with Crippen molar-refractivity contribution >= 4 is 26.8 Å². The van der Waals surface area contributed by atoms with Gasteiger partial charge in [0, 0.05) is 9.79 Å². The molecule has 0 saturated carbocycles. The molecule has 1 atom stereocenters. The molecule has 24 heavy (non-hydrogen) atoms. The first-order chi connectivity index (χ1) is 11.3. The van der Waals surface area contributed by atoms with E-state index in [9.17, 15) is 9.13 Å². The predicted molar refractivity (Wildman–Crippen MR) is 91.8 cm³/mol. The fraction of sp³-hybridized carbons (Fsp3) is 0.143. The van der Waals surface area contributed by atoms with Gasteiger partial charge >= 0.3 is 15.6 Å². The normalized spacial score (nSPS) is 14.9. The van der Waals surface area contributed by atoms with Crippen molar-refractivity contribution in [1.29, 1.82) is 0 Å². The molecule has 0 radical (unpaired) electrons. The lowest BCUT2D eigenvalue weighted by Crippen LogP contribution is -1.99. The Morgan fingerprint density at radius 2 is 1.38 bits per heavy atom. The van der Waals surface area contributed by atoms with Crippen LogP contribution in [-0.2, 0) is 21.9 Å². The van der Waals surface area contributed by atoms with E-state index in [1.807, 2.05) is 12.1 Å². The molecule has 0 amide bonds. The lowest BCUT2D eigenvalue weighted by molar-refractivity contribution is 0.196. The van der Waals surface area contributed by atoms with Crippen LogP contribution < -0.4 is 0 Å². The minimum Gasteiger partial charge on any atom is -0.302 e. The molecule has 10 heteroatoms. The summed E-state index contributed by atoms with van der Waals surface area (Å²) < 4.78 is 38.5. The van der Waals surface area contributed by atoms with Gasteiger partial charge in [-0.2, -0.15) is 4.31 Å². The molecule has 7 nitrogen and oxygen atoms in total. The first-order valence-electron chi connectivity index (χ1n) is 6.94. The van der Waals surface area contributed by atoms with E-state index in [4.69, 9.17) is 18.3 Å². The molecule has 0 bridgehead atoms. The number of hydrogen-bond donors (Lipinski definition) is 3. The smallest absolute Gasteiger partial charge is 0.302 e. The maximum atomic E-state index is 12.6. The Hall–Kier alpha value is -0.950. The SMILES string of the molecule is CCOP(=O)(O[SH](c1ccccc1)c1ccccc1)OP(=O)(O)O. The molecule has 2 rings (SSSR count). The first kappa shape index (κ1) is 19.4. The Labute approximate surface area is 143 Å². The van der Waals surface area contributed by atoms with Crippen molar-refractivity contribution in [3.05, 3.63) is 60.7 Å². The second-order valence-corrected chi connectivity index (χ2v) is 9.55. The average molecular weight is 392 g/mol. The van der Waals surface area contributed by atoms with Gasteiger partial charge < -0.3 is 9.79 Å². The molecular weight excluding hydrogens is 374 g/mol. The summed E-state index contributed by atoms with van der Waals surface area (Å²) >= 11 is -1.66. The van der Waals surface area contributed by atoms with E-state index in [-0.39, 0.29) is 6.61 Å². The summed E-state index contributed by atoms with van der Waals surface area (Å²) in [6.45, 7) is 1.43. The van der Waals surface area contributed by atoms with E-state index in [0.29, 0.717) is 9.79 Å². The van der Waals surface area contributed by atoms with Crippen LogP contribution in [0.5, 0.6) is 0 Å². The van der Waals surface area contributed by atoms with Crippen LogP contribution >= 0.6 is 26.8 Å². The Morgan fingerprint density at radius 1 is 0.917 bits per heavy atom. The molecule has 2 N–H and O–H groups in total. The summed E-state index contributed by atoms with van der Waals surface area (Å²) in [5.74, 6) is 0. The van der Waals surface area contributed by atoms with Gasteiger partial charge in [-0.05, 0) is 31.2 Å². The number of phosphoric acid groups is 2. The summed E-state index contributed by atoms with van der Waals surface area (Å²) in [4.78, 5) is 19.4. The topological polar surface area (TPSA) is 102 Å². The maximum Gasteiger partial charge on any atom is 0.493 e. The molecule has 0 spiro atoms. The van der Waals surface area contributed by atoms with Gasteiger partial charge in [0.05, 0.1) is 6.61 Å². The van der Waals surface area contributed by atoms with Crippen LogP contribution in [0.1, 0.15) is 6.92 Å². The van der Waals surface area contributed by atoms with Gasteiger partial charge in [-0.25, -0.2) is 13.1 Å². The third-order valence-electron chi connectivity index (χ3n) is 2.66. The molecule has 0 aromatic heterocycles. The summed E-state index contributed by atoms with van der Waals surface area (Å²) in [5, 5.41) is 0. The van der Waals surface area contributed by atoms with Crippen LogP contribution in [0.15, 0.2) is 70.5 Å². The van der Waals surface area contributed by atoms with E-state index in [1.165, 1.54) is 6.92 Å². The van der Waals surface area contributed by atoms with Crippen molar-refractivity contribution in [2.24, 2.45) is 0 Å². The minimum atomic E-state index is -5.06. The third kappa shape index (κ3) is 5.84. The highest BCUT2D eigenvalue weighted by Crippen LogP contribution is 2.67. The number of hydrogen-bond acceptors (Lipinski definition) is 5. The number of thiol groups is 1. The quantitative estimate of drug-likeness (QED) is 0.455. The molecule has 2 aromatic rings. The van der Waals surface area contributed by atoms with Gasteiger partial charge in [-0.15, -0.1) is 0 Å². The van der Waals surface area contributed by atoms with Crippen LogP contribution in [0.25, 0.3) is 0 Å². The molecule has 0 fully saturated rings. The van der Waals surface area contributed by atoms with Gasteiger partial charge in [0.2, 0.25) is 0 Å². The van der Waals surface area contributed by atoms with Crippen LogP contribution in [0, 0.1) is 0 Å². The number of rotatable bonds is 8. The van der Waals surface area contributed by atoms with E-state index < -0.39 is 26.8 Å². The van der Waals surface area contributed by atoms with Crippen molar-refractivity contribution in [3.8, 4) is 0 Å². The Morgan fingerprint density at radius 3 is 1.75 bits per heavy atom. The van der Waals surface area contributed by atoms with Crippen molar-refractivity contribution < 1.29 is 31.7 Å². The van der Waals surface area contributed by atoms with Crippen LogP contribution in [-0.4, -0.2) is 16.4 Å². The van der Waals surface area contributed by atoms with Crippen LogP contribution in [0.4, 0.5) is 0 Å². The lowest BCUT2D eigenvalue weighted by atomic mass is 10.4. The second kappa shape index (κ2) is 8.43. The zero-order valence-corrected chi connectivity index (χ0v) is 15.4. The van der Waals surface area contributed by atoms with E-state index in [0.717, 1.165) is 0 Å². The fourth-order valence-electron chi connectivity index (χ4n) is 1.82. The van der Waals surface area contributed by atoms with Gasteiger partial charge in [0.25, 0.3) is 0 Å². The molecule has 0 aliphatic carbocycles. The van der Waals surface area contributed by atoms with Crippen LogP contribution in [0.2, 0.25) is 0 Å². The molecular formula is C14H18O7P2S. The monoisotopic (exact) mass is 392 g/mol. The lowest BCUT2D eigenvalue weighted by Gasteiger charge is -2.26. The molecule has 0 aliphatic heterocycles. The summed E-state index contributed by atoms with van der Waals surface area (Å²) in [5.41, 5.74) is 0. The third-order valence-corrected chi connectivity index (χ3v) is 7.87. The highest BCUT2D eigenvalue weighted by molar-refractivity contribution is 8.15. The molecule has 132 valence electrons. The Balaban J connectivity index is 2.40. The fourth-order valence-corrected chi connectivity index (χ4v) is 6.68. The van der Waals surface area contributed by atoms with Crippen LogP contribution in [0.3, 0.4) is 0 Å². The number of benzene rings is 2. The summed E-state index contributed by atoms with van der Waals surface area (Å²) in [6.07, 6.45) is 0. The Bertz CT molecular complexity index is 696. The highest BCUT2D eigenvalue weighted by atomic mass is 32.2. The van der Waals surface area contributed by atoms with Gasteiger partial charge in [0.15, 0.2) is 0 Å². The zero-order chi connectivity index (χ0) is 17.6. The Kier molecular flexibility index (Phi) is 6.80. The van der Waals surface area contributed by atoms with Crippen molar-refractivity contribution in [2.75, 3.05) is 6.61 Å². The molecule has 0 heterocycles. The zero-order valence-electron chi connectivity index (χ0n) is 12.8. The first-order valence-corrected chi connectivity index (χ1v) is 11.2. The van der Waals surface area contributed by atoms with Gasteiger partial charge in [-0.3, -0.25) is 4.52 Å². The largest absolute Gasteiger partial charge is 0.493 e. The molecule has 1 unspecified atom stereocenters. The van der Waals surface area contributed by atoms with Gasteiger partial charge in [0.1, 0.15) is 0 Å². The van der Waals surface area contributed by atoms with Crippen molar-refractivity contribution in [3.63, 3.8) is 0 Å². The van der Waals surface area contributed by atoms with Crippen molar-refractivity contribution in [2.45, 2.75) is 16.7 Å². The maximum absolute atomic E-state index is 12.6. The molecule has 2 aromatic carbocycles. The molecule has 0 aliphatic rings. The highest BCUT2D eigenvalue weighted by Gasteiger charge is 2.38. The van der Waals surface area contributed by atoms with Gasteiger partial charge in [-0.1, -0.05) is 47.6 Å². The second-order valence-electron chi connectivity index (χ2n) is 4.48. The minimum absolute atomic E-state index is 0.0932.